The van der Waals surface area contributed by atoms with Gasteiger partial charge in [0.15, 0.2) is 0 Å². The maximum Gasteiger partial charge on any atom is 0.419 e. The molecule has 0 radical (unpaired) electrons. The lowest BCUT2D eigenvalue weighted by Crippen LogP contribution is -2.52. The van der Waals surface area contributed by atoms with Gasteiger partial charge in [-0.1, -0.05) is 18.2 Å². The molecule has 1 unspecified atom stereocenters. The van der Waals surface area contributed by atoms with Crippen LogP contribution in [0.15, 0.2) is 24.3 Å². The number of amides is 3. The number of aliphatic carboxylic acids is 1. The summed E-state index contributed by atoms with van der Waals surface area (Å²) in [5.41, 5.74) is 5.85. The minimum absolute atomic E-state index is 0.0902. The Balaban J connectivity index is 3.14. The summed E-state index contributed by atoms with van der Waals surface area (Å²) in [5, 5.41) is 12.2. The van der Waals surface area contributed by atoms with Gasteiger partial charge in [0.25, 0.3) is 0 Å². The predicted octanol–water partition coefficient (Wildman–Crippen LogP) is 3.35. The first-order valence-electron chi connectivity index (χ1n) is 8.88. The lowest BCUT2D eigenvalue weighted by atomic mass is 10.1. The van der Waals surface area contributed by atoms with Gasteiger partial charge in [0, 0.05) is 5.69 Å². The van der Waals surface area contributed by atoms with E-state index in [-0.39, 0.29) is 6.42 Å². The van der Waals surface area contributed by atoms with Gasteiger partial charge in [-0.15, -0.1) is 0 Å². The Morgan fingerprint density at radius 3 is 2.37 bits per heavy atom. The molecule has 150 valence electrons. The number of anilines is 1. The van der Waals surface area contributed by atoms with Crippen molar-refractivity contribution in [1.29, 1.82) is 0 Å². The number of para-hydroxylation sites is 1. The monoisotopic (exact) mass is 379 g/mol. The topological polar surface area (TPSA) is 122 Å². The molecular formula is C19H29N3O5. The summed E-state index contributed by atoms with van der Waals surface area (Å²) in [5.74, 6) is -1.28. The summed E-state index contributed by atoms with van der Waals surface area (Å²) >= 11 is 0. The number of carboxylic acids is 1. The second-order valence-electron chi connectivity index (χ2n) is 7.23. The number of aryl methyl sites for hydroxylation is 1. The van der Waals surface area contributed by atoms with Crippen molar-refractivity contribution < 1.29 is 24.2 Å². The molecule has 1 atom stereocenters. The van der Waals surface area contributed by atoms with Gasteiger partial charge in [0.2, 0.25) is 0 Å². The number of unbranched alkanes of at least 4 members (excludes halogenated alkanes) is 1. The molecule has 8 heteroatoms. The van der Waals surface area contributed by atoms with E-state index >= 15 is 0 Å². The number of urea groups is 1. The number of nitrogens with one attached hydrogen (secondary N) is 1. The Hall–Kier alpha value is -2.61. The molecule has 1 aromatic rings. The van der Waals surface area contributed by atoms with E-state index in [1.54, 1.807) is 45.9 Å². The molecular weight excluding hydrogens is 350 g/mol. The van der Waals surface area contributed by atoms with Gasteiger partial charge in [-0.25, -0.2) is 19.3 Å². The number of nitrogens with two attached hydrogens (primary N) is 1. The number of carboxylic acid groups (broad SMARTS) is 1. The molecule has 0 aliphatic carbocycles. The SMILES string of the molecule is Cc1ccccc1NC(=O)N(C(=O)OC(C)(C)C)C(CCCCN)C(=O)O. The van der Waals surface area contributed by atoms with E-state index in [1.807, 2.05) is 6.07 Å². The Morgan fingerprint density at radius 1 is 1.22 bits per heavy atom. The van der Waals surface area contributed by atoms with Gasteiger partial charge in [0.1, 0.15) is 11.6 Å². The van der Waals surface area contributed by atoms with Crippen molar-refractivity contribution >= 4 is 23.8 Å². The van der Waals surface area contributed by atoms with Crippen molar-refractivity contribution in [3.63, 3.8) is 0 Å². The molecule has 0 heterocycles. The Kier molecular flexibility index (Phi) is 8.24. The van der Waals surface area contributed by atoms with Crippen LogP contribution in [0.4, 0.5) is 15.3 Å². The molecule has 0 saturated heterocycles. The maximum absolute atomic E-state index is 12.8. The fraction of sp³-hybridized carbons (Fsp3) is 0.526. The molecule has 0 aliphatic heterocycles. The second-order valence-corrected chi connectivity index (χ2v) is 7.23. The second kappa shape index (κ2) is 9.91. The van der Waals surface area contributed by atoms with E-state index in [2.05, 4.69) is 5.32 Å². The van der Waals surface area contributed by atoms with Crippen molar-refractivity contribution in [2.75, 3.05) is 11.9 Å². The average Bonchev–Trinajstić information content (AvgIpc) is 2.54. The van der Waals surface area contributed by atoms with Crippen LogP contribution in [-0.4, -0.2) is 46.3 Å². The maximum atomic E-state index is 12.8. The molecule has 0 aliphatic rings. The molecule has 3 amide bonds. The number of hydrogen-bond donors (Lipinski definition) is 3. The fourth-order valence-electron chi connectivity index (χ4n) is 2.40. The van der Waals surface area contributed by atoms with Crippen molar-refractivity contribution in [3.8, 4) is 0 Å². The number of hydrogen-bond acceptors (Lipinski definition) is 5. The van der Waals surface area contributed by atoms with Crippen LogP contribution in [0.2, 0.25) is 0 Å². The van der Waals surface area contributed by atoms with Gasteiger partial charge >= 0.3 is 18.1 Å². The van der Waals surface area contributed by atoms with Crippen LogP contribution in [0.5, 0.6) is 0 Å². The largest absolute Gasteiger partial charge is 0.480 e. The number of carbonyl (C=O) groups excluding carboxylic acids is 2. The number of carbonyl (C=O) groups is 3. The third-order valence-corrected chi connectivity index (χ3v) is 3.72. The summed E-state index contributed by atoms with van der Waals surface area (Å²) in [4.78, 5) is 37.8. The predicted molar refractivity (Wildman–Crippen MR) is 103 cm³/mol. The number of imide groups is 1. The third kappa shape index (κ3) is 7.26. The molecule has 1 aromatic carbocycles. The molecule has 0 spiro atoms. The van der Waals surface area contributed by atoms with Crippen LogP contribution in [0, 0.1) is 6.92 Å². The van der Waals surface area contributed by atoms with Crippen LogP contribution in [0.1, 0.15) is 45.6 Å². The summed E-state index contributed by atoms with van der Waals surface area (Å²) < 4.78 is 5.26. The molecule has 4 N–H and O–H groups in total. The molecule has 0 saturated carbocycles. The highest BCUT2D eigenvalue weighted by Gasteiger charge is 2.37. The van der Waals surface area contributed by atoms with E-state index in [1.165, 1.54) is 0 Å². The first-order chi connectivity index (χ1) is 12.6. The van der Waals surface area contributed by atoms with E-state index in [0.29, 0.717) is 30.0 Å². The highest BCUT2D eigenvalue weighted by atomic mass is 16.6. The lowest BCUT2D eigenvalue weighted by molar-refractivity contribution is -0.142. The lowest BCUT2D eigenvalue weighted by Gasteiger charge is -2.30. The minimum Gasteiger partial charge on any atom is -0.480 e. The number of ether oxygens (including phenoxy) is 1. The van der Waals surface area contributed by atoms with Gasteiger partial charge < -0.3 is 20.9 Å². The first kappa shape index (κ1) is 22.4. The third-order valence-electron chi connectivity index (χ3n) is 3.72. The smallest absolute Gasteiger partial charge is 0.419 e. The van der Waals surface area contributed by atoms with Gasteiger partial charge in [-0.3, -0.25) is 0 Å². The van der Waals surface area contributed by atoms with Crippen molar-refractivity contribution in [2.45, 2.75) is 58.6 Å². The van der Waals surface area contributed by atoms with Gasteiger partial charge in [-0.05, 0) is 65.1 Å². The molecule has 0 aromatic heterocycles. The van der Waals surface area contributed by atoms with E-state index in [0.717, 1.165) is 5.56 Å². The zero-order valence-electron chi connectivity index (χ0n) is 16.3. The zero-order chi connectivity index (χ0) is 20.6. The summed E-state index contributed by atoms with van der Waals surface area (Å²) in [7, 11) is 0. The molecule has 27 heavy (non-hydrogen) atoms. The van der Waals surface area contributed by atoms with E-state index in [4.69, 9.17) is 10.5 Å². The van der Waals surface area contributed by atoms with Crippen LogP contribution in [0.3, 0.4) is 0 Å². The Morgan fingerprint density at radius 2 is 1.85 bits per heavy atom. The minimum atomic E-state index is -1.35. The molecule has 1 rings (SSSR count). The fourth-order valence-corrected chi connectivity index (χ4v) is 2.40. The number of rotatable bonds is 7. The normalized spacial score (nSPS) is 12.2. The first-order valence-corrected chi connectivity index (χ1v) is 8.88. The molecule has 0 bridgehead atoms. The van der Waals surface area contributed by atoms with E-state index < -0.39 is 29.7 Å². The summed E-state index contributed by atoms with van der Waals surface area (Å²) in [6, 6.07) is 4.81. The Labute approximate surface area is 159 Å². The Bertz CT molecular complexity index is 670. The van der Waals surface area contributed by atoms with Crippen molar-refractivity contribution in [1.82, 2.24) is 4.90 Å². The number of nitrogens with zero attached hydrogens (tertiary/aromatic N) is 1. The quantitative estimate of drug-likeness (QED) is 0.625. The molecule has 0 fully saturated rings. The summed E-state index contributed by atoms with van der Waals surface area (Å²) in [6.07, 6.45) is 0.136. The highest BCUT2D eigenvalue weighted by molar-refractivity contribution is 6.02. The van der Waals surface area contributed by atoms with Gasteiger partial charge in [-0.2, -0.15) is 0 Å². The van der Waals surface area contributed by atoms with Gasteiger partial charge in [0.05, 0.1) is 0 Å². The van der Waals surface area contributed by atoms with Crippen LogP contribution < -0.4 is 11.1 Å². The molecule has 8 nitrogen and oxygen atoms in total. The standard InChI is InChI=1S/C19H29N3O5/c1-13-9-5-6-10-14(13)21-17(25)22(18(26)27-19(2,3)4)15(16(23)24)11-7-8-12-20/h5-6,9-10,15H,7-8,11-12,20H2,1-4H3,(H,21,25)(H,23,24). The number of benzene rings is 1. The highest BCUT2D eigenvalue weighted by Crippen LogP contribution is 2.19. The van der Waals surface area contributed by atoms with Crippen molar-refractivity contribution in [3.05, 3.63) is 29.8 Å². The zero-order valence-corrected chi connectivity index (χ0v) is 16.3. The van der Waals surface area contributed by atoms with E-state index in [9.17, 15) is 19.5 Å². The average molecular weight is 379 g/mol. The van der Waals surface area contributed by atoms with Crippen molar-refractivity contribution in [2.24, 2.45) is 5.73 Å². The van der Waals surface area contributed by atoms with Crippen LogP contribution in [-0.2, 0) is 9.53 Å². The van der Waals surface area contributed by atoms with Crippen LogP contribution in [0.25, 0.3) is 0 Å². The van der Waals surface area contributed by atoms with Crippen LogP contribution >= 0.6 is 0 Å². The summed E-state index contributed by atoms with van der Waals surface area (Å²) in [6.45, 7) is 7.13.